The highest BCUT2D eigenvalue weighted by Gasteiger charge is 1.75. The zero-order valence-electron chi connectivity index (χ0n) is 4.78. The maximum atomic E-state index is 9.98. The maximum absolute atomic E-state index is 9.98. The molecule has 0 aliphatic heterocycles. The predicted octanol–water partition coefficient (Wildman–Crippen LogP) is -0.217. The molecule has 0 aromatic rings. The van der Waals surface area contributed by atoms with Gasteiger partial charge in [0.05, 0.1) is 0 Å². The molecule has 3 nitrogen and oxygen atoms in total. The van der Waals surface area contributed by atoms with E-state index in [0.717, 1.165) is 0 Å². The minimum atomic E-state index is -0.523. The van der Waals surface area contributed by atoms with Crippen molar-refractivity contribution in [1.29, 1.82) is 0 Å². The fraction of sp³-hybridized carbons (Fsp3) is 0. The number of aldehydes is 1. The van der Waals surface area contributed by atoms with Gasteiger partial charge in [-0.2, -0.15) is 0 Å². The second-order valence-electron chi connectivity index (χ2n) is 1.28. The third-order valence-electron chi connectivity index (χ3n) is 0.561. The lowest BCUT2D eigenvalue weighted by atomic mass is 10.4. The van der Waals surface area contributed by atoms with E-state index in [2.05, 4.69) is 0 Å². The molecule has 0 heterocycles. The smallest absolute Gasteiger partial charge is 0.241 e. The fourth-order valence-corrected chi connectivity index (χ4v) is 0.260. The molecule has 0 aliphatic carbocycles. The Balaban J connectivity index is 3.59. The Labute approximate surface area is 52.8 Å². The van der Waals surface area contributed by atoms with E-state index in [1.54, 1.807) is 0 Å². The predicted molar refractivity (Wildman–Crippen MR) is 33.5 cm³/mol. The standard InChI is InChI=1S/C6H7NO2/c7-6(9)4-2-1-3-5-8/h1-5H,(H2,7,9)/b3-1+,4-2+. The van der Waals surface area contributed by atoms with Crippen molar-refractivity contribution in [3.05, 3.63) is 24.3 Å². The lowest BCUT2D eigenvalue weighted by Crippen LogP contribution is -2.04. The summed E-state index contributed by atoms with van der Waals surface area (Å²) in [6.45, 7) is 0. The van der Waals surface area contributed by atoms with Crippen LogP contribution in [0.4, 0.5) is 0 Å². The van der Waals surface area contributed by atoms with E-state index in [4.69, 9.17) is 5.73 Å². The Kier molecular flexibility index (Phi) is 4.04. The Morgan fingerprint density at radius 3 is 2.33 bits per heavy atom. The number of amides is 1. The summed E-state index contributed by atoms with van der Waals surface area (Å²) < 4.78 is 0. The molecule has 0 bridgehead atoms. The van der Waals surface area contributed by atoms with Crippen LogP contribution in [-0.4, -0.2) is 12.2 Å². The van der Waals surface area contributed by atoms with E-state index in [-0.39, 0.29) is 0 Å². The van der Waals surface area contributed by atoms with Gasteiger partial charge in [-0.15, -0.1) is 0 Å². The first-order valence-corrected chi connectivity index (χ1v) is 2.35. The summed E-state index contributed by atoms with van der Waals surface area (Å²) in [5, 5.41) is 0. The van der Waals surface area contributed by atoms with Gasteiger partial charge in [0.2, 0.25) is 5.91 Å². The monoisotopic (exact) mass is 125 g/mol. The number of carbonyl (C=O) groups excluding carboxylic acids is 2. The minimum Gasteiger partial charge on any atom is -0.366 e. The highest BCUT2D eigenvalue weighted by Crippen LogP contribution is 1.72. The Bertz CT molecular complexity index is 158. The molecule has 2 N–H and O–H groups in total. The van der Waals surface area contributed by atoms with Crippen LogP contribution in [0.5, 0.6) is 0 Å². The van der Waals surface area contributed by atoms with Crippen LogP contribution in [0.2, 0.25) is 0 Å². The molecule has 0 unspecified atom stereocenters. The second kappa shape index (κ2) is 4.77. The van der Waals surface area contributed by atoms with Gasteiger partial charge in [0.15, 0.2) is 0 Å². The van der Waals surface area contributed by atoms with Crippen LogP contribution < -0.4 is 5.73 Å². The van der Waals surface area contributed by atoms with Crippen molar-refractivity contribution in [1.82, 2.24) is 0 Å². The number of primary amides is 1. The first-order valence-electron chi connectivity index (χ1n) is 2.35. The van der Waals surface area contributed by atoms with Crippen LogP contribution in [0.25, 0.3) is 0 Å². The first kappa shape index (κ1) is 7.62. The summed E-state index contributed by atoms with van der Waals surface area (Å²) >= 11 is 0. The zero-order valence-corrected chi connectivity index (χ0v) is 4.78. The highest BCUT2D eigenvalue weighted by atomic mass is 16.1. The molecular formula is C6H7NO2. The van der Waals surface area contributed by atoms with E-state index in [1.165, 1.54) is 24.3 Å². The first-order chi connectivity index (χ1) is 4.27. The number of nitrogens with two attached hydrogens (primary N) is 1. The van der Waals surface area contributed by atoms with Gasteiger partial charge >= 0.3 is 0 Å². The third kappa shape index (κ3) is 6.62. The Morgan fingerprint density at radius 2 is 1.89 bits per heavy atom. The van der Waals surface area contributed by atoms with Crippen molar-refractivity contribution in [2.45, 2.75) is 0 Å². The molecule has 0 radical (unpaired) electrons. The van der Waals surface area contributed by atoms with Gasteiger partial charge in [-0.1, -0.05) is 12.2 Å². The average Bonchev–Trinajstić information content (AvgIpc) is 1.80. The van der Waals surface area contributed by atoms with Crippen molar-refractivity contribution in [2.24, 2.45) is 5.73 Å². The SMILES string of the molecule is NC(=O)/C=C/C=C/C=O. The molecule has 0 aromatic heterocycles. The Hall–Kier alpha value is -1.38. The lowest BCUT2D eigenvalue weighted by molar-refractivity contribution is -0.113. The molecule has 0 aromatic carbocycles. The van der Waals surface area contributed by atoms with Gasteiger partial charge in [0.25, 0.3) is 0 Å². The third-order valence-corrected chi connectivity index (χ3v) is 0.561. The number of hydrogen-bond acceptors (Lipinski definition) is 2. The quantitative estimate of drug-likeness (QED) is 0.322. The van der Waals surface area contributed by atoms with E-state index in [1.807, 2.05) is 0 Å². The van der Waals surface area contributed by atoms with Gasteiger partial charge in [0, 0.05) is 6.08 Å². The molecule has 48 valence electrons. The van der Waals surface area contributed by atoms with Crippen molar-refractivity contribution < 1.29 is 9.59 Å². The fourth-order valence-electron chi connectivity index (χ4n) is 0.260. The summed E-state index contributed by atoms with van der Waals surface area (Å²) in [4.78, 5) is 19.6. The highest BCUT2D eigenvalue weighted by molar-refractivity contribution is 5.86. The van der Waals surface area contributed by atoms with Crippen molar-refractivity contribution in [3.63, 3.8) is 0 Å². The normalized spacial score (nSPS) is 10.7. The number of rotatable bonds is 3. The Morgan fingerprint density at radius 1 is 1.22 bits per heavy atom. The lowest BCUT2D eigenvalue weighted by Gasteiger charge is -1.73. The molecule has 0 atom stereocenters. The van der Waals surface area contributed by atoms with Crippen molar-refractivity contribution in [2.75, 3.05) is 0 Å². The van der Waals surface area contributed by atoms with Gasteiger partial charge in [-0.25, -0.2) is 0 Å². The second-order valence-corrected chi connectivity index (χ2v) is 1.28. The molecule has 1 amide bonds. The van der Waals surface area contributed by atoms with Crippen LogP contribution in [0.15, 0.2) is 24.3 Å². The summed E-state index contributed by atoms with van der Waals surface area (Å²) in [5.41, 5.74) is 4.73. The number of carbonyl (C=O) groups is 2. The minimum absolute atomic E-state index is 0.523. The molecule has 0 fully saturated rings. The molecule has 0 saturated heterocycles. The molecule has 3 heteroatoms. The summed E-state index contributed by atoms with van der Waals surface area (Å²) in [6.07, 6.45) is 5.87. The zero-order chi connectivity index (χ0) is 7.11. The molecule has 0 aliphatic rings. The van der Waals surface area contributed by atoms with E-state index in [9.17, 15) is 9.59 Å². The largest absolute Gasteiger partial charge is 0.366 e. The topological polar surface area (TPSA) is 60.2 Å². The van der Waals surface area contributed by atoms with E-state index >= 15 is 0 Å². The molecular weight excluding hydrogens is 118 g/mol. The van der Waals surface area contributed by atoms with Crippen molar-refractivity contribution in [3.8, 4) is 0 Å². The number of hydrogen-bond donors (Lipinski definition) is 1. The molecule has 0 saturated carbocycles. The van der Waals surface area contributed by atoms with E-state index in [0.29, 0.717) is 6.29 Å². The molecule has 0 spiro atoms. The number of allylic oxidation sites excluding steroid dienone is 3. The van der Waals surface area contributed by atoms with Crippen LogP contribution >= 0.6 is 0 Å². The summed E-state index contributed by atoms with van der Waals surface area (Å²) in [7, 11) is 0. The van der Waals surface area contributed by atoms with Gasteiger partial charge in [-0.05, 0) is 6.08 Å². The van der Waals surface area contributed by atoms with Crippen LogP contribution in [0.1, 0.15) is 0 Å². The summed E-state index contributed by atoms with van der Waals surface area (Å²) in [5.74, 6) is -0.523. The molecule has 0 rings (SSSR count). The van der Waals surface area contributed by atoms with E-state index < -0.39 is 5.91 Å². The van der Waals surface area contributed by atoms with Crippen LogP contribution in [-0.2, 0) is 9.59 Å². The summed E-state index contributed by atoms with van der Waals surface area (Å²) in [6, 6.07) is 0. The van der Waals surface area contributed by atoms with Gasteiger partial charge in [-0.3, -0.25) is 9.59 Å². The average molecular weight is 125 g/mol. The van der Waals surface area contributed by atoms with Gasteiger partial charge in [0.1, 0.15) is 6.29 Å². The van der Waals surface area contributed by atoms with Crippen LogP contribution in [0, 0.1) is 0 Å². The maximum Gasteiger partial charge on any atom is 0.241 e. The van der Waals surface area contributed by atoms with Crippen LogP contribution in [0.3, 0.4) is 0 Å². The van der Waals surface area contributed by atoms with Gasteiger partial charge < -0.3 is 5.73 Å². The van der Waals surface area contributed by atoms with Crippen molar-refractivity contribution >= 4 is 12.2 Å². The molecule has 9 heavy (non-hydrogen) atoms.